The van der Waals surface area contributed by atoms with Crippen LogP contribution in [0.3, 0.4) is 0 Å². The van der Waals surface area contributed by atoms with Crippen molar-refractivity contribution in [3.63, 3.8) is 0 Å². The molecule has 1 heterocycles. The maximum Gasteiger partial charge on any atom is 0.247 e. The molecule has 3 rings (SSSR count). The van der Waals surface area contributed by atoms with E-state index in [4.69, 9.17) is 34.8 Å². The molecule has 0 aliphatic carbocycles. The van der Waals surface area contributed by atoms with Gasteiger partial charge >= 0.3 is 0 Å². The number of rotatable bonds is 2. The van der Waals surface area contributed by atoms with Crippen molar-refractivity contribution in [1.29, 1.82) is 0 Å². The smallest absolute Gasteiger partial charge is 0.247 e. The second-order valence-electron chi connectivity index (χ2n) is 6.22. The van der Waals surface area contributed by atoms with E-state index in [1.54, 1.807) is 6.07 Å². The van der Waals surface area contributed by atoms with Gasteiger partial charge < -0.3 is 5.32 Å². The molecular formula is C20H18Cl3NO. The number of hydrogen-bond acceptors (Lipinski definition) is 1. The molecule has 130 valence electrons. The Labute approximate surface area is 162 Å². The van der Waals surface area contributed by atoms with Crippen molar-refractivity contribution in [1.82, 2.24) is 5.32 Å². The van der Waals surface area contributed by atoms with Gasteiger partial charge in [0.05, 0.1) is 10.0 Å². The number of allylic oxidation sites excluding steroid dienone is 1. The van der Waals surface area contributed by atoms with Gasteiger partial charge in [-0.2, -0.15) is 0 Å². The summed E-state index contributed by atoms with van der Waals surface area (Å²) in [4.78, 5) is 12.2. The van der Waals surface area contributed by atoms with Gasteiger partial charge in [0.25, 0.3) is 0 Å². The molecule has 1 fully saturated rings. The normalized spacial score (nSPS) is 16.6. The Bertz CT molecular complexity index is 887. The van der Waals surface area contributed by atoms with E-state index in [2.05, 4.69) is 5.32 Å². The van der Waals surface area contributed by atoms with E-state index in [9.17, 15) is 4.79 Å². The third-order valence-electron chi connectivity index (χ3n) is 4.62. The van der Waals surface area contributed by atoms with Gasteiger partial charge in [0.1, 0.15) is 0 Å². The minimum absolute atomic E-state index is 0.0132. The summed E-state index contributed by atoms with van der Waals surface area (Å²) >= 11 is 18.6. The standard InChI is InChI=1S/C20H18Cl3NO/c1-11(15-4-3-7-24-20(15)25)16-9-14(21)10-17(12(16)2)13-5-6-18(22)19(23)8-13/h5-6,8-10H,3-4,7H2,1-2H3,(H,24,25)/b15-11+. The summed E-state index contributed by atoms with van der Waals surface area (Å²) in [5.74, 6) is 0.0132. The third-order valence-corrected chi connectivity index (χ3v) is 5.58. The lowest BCUT2D eigenvalue weighted by Crippen LogP contribution is -2.31. The summed E-state index contributed by atoms with van der Waals surface area (Å²) in [6.07, 6.45) is 1.74. The van der Waals surface area contributed by atoms with Crippen LogP contribution in [0.15, 0.2) is 35.9 Å². The molecule has 0 atom stereocenters. The molecule has 5 heteroatoms. The number of carbonyl (C=O) groups excluding carboxylic acids is 1. The van der Waals surface area contributed by atoms with Crippen LogP contribution >= 0.6 is 34.8 Å². The Morgan fingerprint density at radius 2 is 1.84 bits per heavy atom. The number of amides is 1. The van der Waals surface area contributed by atoms with Crippen molar-refractivity contribution in [2.24, 2.45) is 0 Å². The zero-order valence-corrected chi connectivity index (χ0v) is 16.3. The first kappa shape index (κ1) is 18.3. The van der Waals surface area contributed by atoms with E-state index in [1.807, 2.05) is 38.1 Å². The molecule has 0 aromatic heterocycles. The lowest BCUT2D eigenvalue weighted by molar-refractivity contribution is -0.118. The summed E-state index contributed by atoms with van der Waals surface area (Å²) < 4.78 is 0. The van der Waals surface area contributed by atoms with Gasteiger partial charge in [0, 0.05) is 17.1 Å². The van der Waals surface area contributed by atoms with Gasteiger partial charge in [-0.3, -0.25) is 4.79 Å². The second kappa shape index (κ2) is 7.41. The van der Waals surface area contributed by atoms with E-state index in [0.29, 0.717) is 15.1 Å². The highest BCUT2D eigenvalue weighted by Crippen LogP contribution is 2.36. The first-order valence-corrected chi connectivity index (χ1v) is 9.25. The van der Waals surface area contributed by atoms with E-state index >= 15 is 0 Å². The number of halogens is 3. The summed E-state index contributed by atoms with van der Waals surface area (Å²) in [5.41, 5.74) is 5.78. The highest BCUT2D eigenvalue weighted by Gasteiger charge is 2.20. The molecule has 0 unspecified atom stereocenters. The van der Waals surface area contributed by atoms with Gasteiger partial charge in [-0.1, -0.05) is 40.9 Å². The molecule has 0 radical (unpaired) electrons. The molecule has 1 saturated heterocycles. The third kappa shape index (κ3) is 3.72. The monoisotopic (exact) mass is 393 g/mol. The Kier molecular flexibility index (Phi) is 5.43. The minimum Gasteiger partial charge on any atom is -0.352 e. The van der Waals surface area contributed by atoms with Crippen molar-refractivity contribution >= 4 is 46.3 Å². The average molecular weight is 395 g/mol. The molecule has 0 bridgehead atoms. The highest BCUT2D eigenvalue weighted by molar-refractivity contribution is 6.42. The van der Waals surface area contributed by atoms with Crippen molar-refractivity contribution in [2.45, 2.75) is 26.7 Å². The van der Waals surface area contributed by atoms with Crippen molar-refractivity contribution in [3.8, 4) is 11.1 Å². The maximum absolute atomic E-state index is 12.2. The molecule has 1 amide bonds. The molecule has 1 aliphatic rings. The number of hydrogen-bond donors (Lipinski definition) is 1. The Morgan fingerprint density at radius 3 is 2.52 bits per heavy atom. The van der Waals surface area contributed by atoms with E-state index in [-0.39, 0.29) is 5.91 Å². The van der Waals surface area contributed by atoms with Crippen LogP contribution in [-0.2, 0) is 4.79 Å². The van der Waals surface area contributed by atoms with Crippen LogP contribution < -0.4 is 5.32 Å². The average Bonchev–Trinajstić information content (AvgIpc) is 2.59. The fraction of sp³-hybridized carbons (Fsp3) is 0.250. The lowest BCUT2D eigenvalue weighted by atomic mass is 9.89. The van der Waals surface area contributed by atoms with Gasteiger partial charge in [-0.05, 0) is 78.8 Å². The Morgan fingerprint density at radius 1 is 1.08 bits per heavy atom. The minimum atomic E-state index is 0.0132. The van der Waals surface area contributed by atoms with Crippen LogP contribution in [0.25, 0.3) is 16.7 Å². The number of nitrogens with one attached hydrogen (secondary N) is 1. The van der Waals surface area contributed by atoms with Crippen LogP contribution in [0.2, 0.25) is 15.1 Å². The van der Waals surface area contributed by atoms with Gasteiger partial charge in [-0.15, -0.1) is 0 Å². The van der Waals surface area contributed by atoms with Crippen molar-refractivity contribution in [3.05, 3.63) is 62.1 Å². The van der Waals surface area contributed by atoms with Crippen molar-refractivity contribution < 1.29 is 4.79 Å². The predicted molar refractivity (Wildman–Crippen MR) is 106 cm³/mol. The summed E-state index contributed by atoms with van der Waals surface area (Å²) in [5, 5.41) is 4.56. The first-order chi connectivity index (χ1) is 11.9. The van der Waals surface area contributed by atoms with Gasteiger partial charge in [0.15, 0.2) is 0 Å². The van der Waals surface area contributed by atoms with Crippen molar-refractivity contribution in [2.75, 3.05) is 6.54 Å². The molecule has 0 saturated carbocycles. The number of benzene rings is 2. The fourth-order valence-electron chi connectivity index (χ4n) is 3.24. The van der Waals surface area contributed by atoms with E-state index in [1.165, 1.54) is 0 Å². The topological polar surface area (TPSA) is 29.1 Å². The zero-order valence-electron chi connectivity index (χ0n) is 14.1. The lowest BCUT2D eigenvalue weighted by Gasteiger charge is -2.20. The molecule has 2 aromatic carbocycles. The van der Waals surface area contributed by atoms with Crippen LogP contribution in [0, 0.1) is 6.92 Å². The maximum atomic E-state index is 12.2. The van der Waals surface area contributed by atoms with E-state index < -0.39 is 0 Å². The largest absolute Gasteiger partial charge is 0.352 e. The zero-order chi connectivity index (χ0) is 18.1. The van der Waals surface area contributed by atoms with E-state index in [0.717, 1.165) is 52.8 Å². The van der Waals surface area contributed by atoms with Crippen LogP contribution in [0.5, 0.6) is 0 Å². The van der Waals surface area contributed by atoms with Crippen LogP contribution in [0.1, 0.15) is 30.9 Å². The first-order valence-electron chi connectivity index (χ1n) is 8.12. The van der Waals surface area contributed by atoms with Crippen LogP contribution in [-0.4, -0.2) is 12.5 Å². The highest BCUT2D eigenvalue weighted by atomic mass is 35.5. The molecule has 25 heavy (non-hydrogen) atoms. The molecule has 2 aromatic rings. The molecule has 2 nitrogen and oxygen atoms in total. The number of piperidine rings is 1. The molecular weight excluding hydrogens is 377 g/mol. The molecule has 0 spiro atoms. The molecule has 1 aliphatic heterocycles. The quantitative estimate of drug-likeness (QED) is 0.594. The predicted octanol–water partition coefficient (Wildman–Crippen LogP) is 6.31. The Balaban J connectivity index is 2.16. The Hall–Kier alpha value is -1.48. The SMILES string of the molecule is C/C(=C1/CCCNC1=O)c1cc(Cl)cc(-c2ccc(Cl)c(Cl)c2)c1C. The summed E-state index contributed by atoms with van der Waals surface area (Å²) in [7, 11) is 0. The second-order valence-corrected chi connectivity index (χ2v) is 7.47. The fourth-order valence-corrected chi connectivity index (χ4v) is 3.76. The van der Waals surface area contributed by atoms with Crippen LogP contribution in [0.4, 0.5) is 0 Å². The number of carbonyl (C=O) groups is 1. The summed E-state index contributed by atoms with van der Waals surface area (Å²) in [6, 6.07) is 9.37. The summed E-state index contributed by atoms with van der Waals surface area (Å²) in [6.45, 7) is 4.75. The van der Waals surface area contributed by atoms with Gasteiger partial charge in [0.2, 0.25) is 5.91 Å². The molecule has 1 N–H and O–H groups in total. The van der Waals surface area contributed by atoms with Gasteiger partial charge in [-0.25, -0.2) is 0 Å².